The number of carbonyl (C=O) groups is 1. The molecule has 3 aromatic carbocycles. The van der Waals surface area contributed by atoms with Gasteiger partial charge in [-0.05, 0) is 60.7 Å². The number of hydrogen-bond acceptors (Lipinski definition) is 7. The first-order valence-corrected chi connectivity index (χ1v) is 15.0. The molecule has 0 spiro atoms. The largest absolute Gasteiger partial charge is 0.351 e. The number of rotatable bonds is 8. The third-order valence-corrected chi connectivity index (χ3v) is 9.16. The predicted octanol–water partition coefficient (Wildman–Crippen LogP) is 4.96. The van der Waals surface area contributed by atoms with Gasteiger partial charge in [0.15, 0.2) is 5.13 Å². The molecule has 1 aliphatic heterocycles. The summed E-state index contributed by atoms with van der Waals surface area (Å²) in [5, 5.41) is 5.09. The van der Waals surface area contributed by atoms with E-state index in [1.165, 1.54) is 30.3 Å². The molecule has 5 rings (SSSR count). The van der Waals surface area contributed by atoms with Crippen LogP contribution in [0.1, 0.15) is 10.4 Å². The van der Waals surface area contributed by atoms with Crippen LogP contribution in [0.15, 0.2) is 71.6 Å². The lowest BCUT2D eigenvalue weighted by atomic mass is 10.2. The van der Waals surface area contributed by atoms with E-state index < -0.39 is 10.0 Å². The van der Waals surface area contributed by atoms with Gasteiger partial charge >= 0.3 is 0 Å². The molecule has 2 N–H and O–H groups in total. The van der Waals surface area contributed by atoms with E-state index in [4.69, 9.17) is 28.2 Å². The molecule has 0 aliphatic carbocycles. The number of sulfonamides is 1. The van der Waals surface area contributed by atoms with Crippen LogP contribution >= 0.6 is 34.5 Å². The average Bonchev–Trinajstić information content (AvgIpc) is 3.32. The second kappa shape index (κ2) is 11.5. The zero-order chi connectivity index (χ0) is 26.7. The highest BCUT2D eigenvalue weighted by atomic mass is 35.5. The summed E-state index contributed by atoms with van der Waals surface area (Å²) >= 11 is 13.6. The van der Waals surface area contributed by atoms with Crippen LogP contribution in [0.3, 0.4) is 0 Å². The topological polar surface area (TPSA) is 94.6 Å². The number of nitrogens with zero attached hydrogens (tertiary/aromatic N) is 3. The molecule has 1 fully saturated rings. The lowest BCUT2D eigenvalue weighted by Crippen LogP contribution is -2.48. The van der Waals surface area contributed by atoms with Gasteiger partial charge in [0.25, 0.3) is 15.9 Å². The lowest BCUT2D eigenvalue weighted by Gasteiger charge is -2.34. The van der Waals surface area contributed by atoms with Gasteiger partial charge in [0.1, 0.15) is 0 Å². The van der Waals surface area contributed by atoms with Crippen molar-refractivity contribution in [2.24, 2.45) is 0 Å². The van der Waals surface area contributed by atoms with Gasteiger partial charge in [-0.25, -0.2) is 13.4 Å². The van der Waals surface area contributed by atoms with Gasteiger partial charge < -0.3 is 10.2 Å². The molecule has 0 radical (unpaired) electrons. The van der Waals surface area contributed by atoms with Crippen LogP contribution in [0.4, 0.5) is 10.8 Å². The van der Waals surface area contributed by atoms with Crippen molar-refractivity contribution in [1.29, 1.82) is 0 Å². The van der Waals surface area contributed by atoms with E-state index in [0.717, 1.165) is 48.1 Å². The smallest absolute Gasteiger partial charge is 0.261 e. The number of nitrogens with one attached hydrogen (secondary N) is 2. The number of hydrogen-bond donors (Lipinski definition) is 2. The fourth-order valence-corrected chi connectivity index (χ4v) is 6.63. The van der Waals surface area contributed by atoms with Crippen molar-refractivity contribution in [3.63, 3.8) is 0 Å². The molecule has 0 atom stereocenters. The number of fused-ring (bicyclic) bond motifs is 1. The van der Waals surface area contributed by atoms with Crippen molar-refractivity contribution in [3.8, 4) is 0 Å². The summed E-state index contributed by atoms with van der Waals surface area (Å²) in [6.45, 7) is 4.66. The predicted molar refractivity (Wildman–Crippen MR) is 154 cm³/mol. The van der Waals surface area contributed by atoms with Crippen LogP contribution in [0, 0.1) is 0 Å². The maximum absolute atomic E-state index is 12.7. The van der Waals surface area contributed by atoms with Gasteiger partial charge in [-0.15, -0.1) is 0 Å². The fraction of sp³-hybridized carbons (Fsp3) is 0.231. The number of carbonyl (C=O) groups excluding carboxylic acids is 1. The Bertz CT molecular complexity index is 1550. The highest BCUT2D eigenvalue weighted by Gasteiger charge is 2.20. The minimum atomic E-state index is -3.80. The summed E-state index contributed by atoms with van der Waals surface area (Å²) in [4.78, 5) is 22.1. The number of thiazole rings is 1. The zero-order valence-corrected chi connectivity index (χ0v) is 23.4. The summed E-state index contributed by atoms with van der Waals surface area (Å²) in [5.41, 5.74) is 1.64. The average molecular weight is 591 g/mol. The summed E-state index contributed by atoms with van der Waals surface area (Å²) in [6, 6.07) is 18.0. The van der Waals surface area contributed by atoms with Crippen molar-refractivity contribution < 1.29 is 13.2 Å². The molecule has 8 nitrogen and oxygen atoms in total. The van der Waals surface area contributed by atoms with Crippen LogP contribution in [0.2, 0.25) is 10.0 Å². The molecule has 0 unspecified atom stereocenters. The number of benzene rings is 3. The van der Waals surface area contributed by atoms with E-state index in [2.05, 4.69) is 19.8 Å². The highest BCUT2D eigenvalue weighted by molar-refractivity contribution is 7.92. The quantitative estimate of drug-likeness (QED) is 0.302. The minimum absolute atomic E-state index is 0.0874. The Labute approximate surface area is 235 Å². The second-order valence-corrected chi connectivity index (χ2v) is 12.4. The Kier molecular flexibility index (Phi) is 8.06. The van der Waals surface area contributed by atoms with E-state index in [0.29, 0.717) is 27.8 Å². The van der Waals surface area contributed by atoms with Crippen LogP contribution in [-0.2, 0) is 10.0 Å². The first-order valence-electron chi connectivity index (χ1n) is 12.0. The van der Waals surface area contributed by atoms with Gasteiger partial charge in [-0.1, -0.05) is 40.6 Å². The maximum Gasteiger partial charge on any atom is 0.261 e. The van der Waals surface area contributed by atoms with Gasteiger partial charge in [-0.3, -0.25) is 14.4 Å². The Morgan fingerprint density at radius 3 is 2.45 bits per heavy atom. The van der Waals surface area contributed by atoms with Crippen molar-refractivity contribution >= 4 is 71.5 Å². The number of amides is 1. The van der Waals surface area contributed by atoms with Crippen LogP contribution in [0.25, 0.3) is 10.2 Å². The van der Waals surface area contributed by atoms with E-state index >= 15 is 0 Å². The molecule has 2 heterocycles. The molecule has 1 aliphatic rings. The molecule has 0 saturated carbocycles. The molecular formula is C26H25Cl2N5O3S2. The van der Waals surface area contributed by atoms with Gasteiger partial charge in [-0.2, -0.15) is 0 Å². The van der Waals surface area contributed by atoms with Crippen molar-refractivity contribution in [2.75, 3.05) is 48.9 Å². The van der Waals surface area contributed by atoms with E-state index in [9.17, 15) is 13.2 Å². The first kappa shape index (κ1) is 26.7. The number of piperazine rings is 1. The summed E-state index contributed by atoms with van der Waals surface area (Å²) < 4.78 is 28.9. The molecule has 38 heavy (non-hydrogen) atoms. The Morgan fingerprint density at radius 2 is 1.68 bits per heavy atom. The normalized spacial score (nSPS) is 14.5. The van der Waals surface area contributed by atoms with Gasteiger partial charge in [0.2, 0.25) is 0 Å². The first-order chi connectivity index (χ1) is 18.3. The highest BCUT2D eigenvalue weighted by Crippen LogP contribution is 2.31. The lowest BCUT2D eigenvalue weighted by molar-refractivity contribution is 0.0948. The standard InChI is InChI=1S/C26H25Cl2N5O3S2/c27-19-4-7-22(8-5-19)38(35,36)31-21-3-1-2-18(16-21)25(34)29-10-11-32-12-14-33(15-13-32)26-30-23-9-6-20(28)17-24(23)37-26/h1-9,16-17,31H,10-15H2,(H,29,34). The van der Waals surface area contributed by atoms with Crippen LogP contribution in [0.5, 0.6) is 0 Å². The molecule has 12 heteroatoms. The van der Waals surface area contributed by atoms with Crippen molar-refractivity contribution in [2.45, 2.75) is 4.90 Å². The minimum Gasteiger partial charge on any atom is -0.351 e. The van der Waals surface area contributed by atoms with E-state index in [1.807, 2.05) is 18.2 Å². The maximum atomic E-state index is 12.7. The third kappa shape index (κ3) is 6.39. The number of anilines is 2. The molecule has 1 saturated heterocycles. The molecule has 1 aromatic heterocycles. The van der Waals surface area contributed by atoms with Crippen molar-refractivity contribution in [1.82, 2.24) is 15.2 Å². The number of aromatic nitrogens is 1. The fourth-order valence-electron chi connectivity index (χ4n) is 4.17. The molecule has 1 amide bonds. The second-order valence-electron chi connectivity index (χ2n) is 8.83. The van der Waals surface area contributed by atoms with E-state index in [-0.39, 0.29) is 10.8 Å². The van der Waals surface area contributed by atoms with Crippen LogP contribution in [-0.4, -0.2) is 63.5 Å². The van der Waals surface area contributed by atoms with Gasteiger partial charge in [0.05, 0.1) is 15.1 Å². The Morgan fingerprint density at radius 1 is 0.947 bits per heavy atom. The summed E-state index contributed by atoms with van der Waals surface area (Å²) in [7, 11) is -3.80. The van der Waals surface area contributed by atoms with Crippen molar-refractivity contribution in [3.05, 3.63) is 82.3 Å². The molecule has 198 valence electrons. The SMILES string of the molecule is O=C(NCCN1CCN(c2nc3ccc(Cl)cc3s2)CC1)c1cccc(NS(=O)(=O)c2ccc(Cl)cc2)c1. The molecular weight excluding hydrogens is 565 g/mol. The Hall–Kier alpha value is -2.89. The summed E-state index contributed by atoms with van der Waals surface area (Å²) in [6.07, 6.45) is 0. The molecule has 4 aromatic rings. The van der Waals surface area contributed by atoms with Gasteiger partial charge in [0, 0.05) is 60.6 Å². The summed E-state index contributed by atoms with van der Waals surface area (Å²) in [5.74, 6) is -0.260. The van der Waals surface area contributed by atoms with Crippen LogP contribution < -0.4 is 14.9 Å². The third-order valence-electron chi connectivity index (χ3n) is 6.20. The number of halogens is 2. The monoisotopic (exact) mass is 589 g/mol. The molecule has 0 bridgehead atoms. The zero-order valence-electron chi connectivity index (χ0n) is 20.2. The Balaban J connectivity index is 1.10. The van der Waals surface area contributed by atoms with E-state index in [1.54, 1.807) is 29.5 Å².